The van der Waals surface area contributed by atoms with Crippen LogP contribution in [0, 0.1) is 5.92 Å². The van der Waals surface area contributed by atoms with E-state index in [1.54, 1.807) is 0 Å². The van der Waals surface area contributed by atoms with Crippen LogP contribution in [0.5, 0.6) is 0 Å². The molecule has 0 bridgehead atoms. The fraction of sp³-hybridized carbons (Fsp3) is 0.682. The van der Waals surface area contributed by atoms with Gasteiger partial charge in [0.05, 0.1) is 13.2 Å². The lowest BCUT2D eigenvalue weighted by molar-refractivity contribution is -0.146. The van der Waals surface area contributed by atoms with Crippen molar-refractivity contribution >= 4 is 5.97 Å². The third-order valence-corrected chi connectivity index (χ3v) is 5.50. The molecular formula is C22H36N2O2. The van der Waals surface area contributed by atoms with Crippen molar-refractivity contribution in [1.82, 2.24) is 9.80 Å². The van der Waals surface area contributed by atoms with Gasteiger partial charge in [0.15, 0.2) is 0 Å². The van der Waals surface area contributed by atoms with Gasteiger partial charge >= 0.3 is 5.97 Å². The van der Waals surface area contributed by atoms with E-state index in [4.69, 9.17) is 4.74 Å². The van der Waals surface area contributed by atoms with Crippen molar-refractivity contribution in [2.45, 2.75) is 65.6 Å². The number of esters is 1. The van der Waals surface area contributed by atoms with Crippen LogP contribution in [0.2, 0.25) is 0 Å². The maximum atomic E-state index is 12.2. The number of benzene rings is 1. The standard InChI is InChI=1S/C22H36N2O2/c1-6-19-16-24(22(3,4)5)14-13-20(19)23(17-21(25)26-7-2)15-18-11-9-8-10-12-18/h8-12,19-20H,6-7,13-17H2,1-5H3. The van der Waals surface area contributed by atoms with Crippen molar-refractivity contribution < 1.29 is 9.53 Å². The number of nitrogens with zero attached hydrogens (tertiary/aromatic N) is 2. The second-order valence-corrected chi connectivity index (χ2v) is 8.34. The summed E-state index contributed by atoms with van der Waals surface area (Å²) in [7, 11) is 0. The van der Waals surface area contributed by atoms with Crippen LogP contribution in [-0.4, -0.2) is 53.6 Å². The molecule has 0 N–H and O–H groups in total. The Morgan fingerprint density at radius 1 is 1.23 bits per heavy atom. The highest BCUT2D eigenvalue weighted by Gasteiger charge is 2.36. The molecule has 0 spiro atoms. The van der Waals surface area contributed by atoms with E-state index in [0.29, 0.717) is 25.1 Å². The maximum Gasteiger partial charge on any atom is 0.320 e. The normalized spacial score (nSPS) is 21.8. The van der Waals surface area contributed by atoms with E-state index < -0.39 is 0 Å². The first-order valence-electron chi connectivity index (χ1n) is 10.0. The minimum Gasteiger partial charge on any atom is -0.465 e. The van der Waals surface area contributed by atoms with Gasteiger partial charge in [-0.3, -0.25) is 14.6 Å². The van der Waals surface area contributed by atoms with E-state index in [0.717, 1.165) is 32.5 Å². The average molecular weight is 361 g/mol. The Morgan fingerprint density at radius 3 is 2.50 bits per heavy atom. The van der Waals surface area contributed by atoms with E-state index >= 15 is 0 Å². The van der Waals surface area contributed by atoms with Crippen LogP contribution in [0.4, 0.5) is 0 Å². The number of hydrogen-bond donors (Lipinski definition) is 0. The molecule has 4 nitrogen and oxygen atoms in total. The molecule has 0 aliphatic carbocycles. The zero-order chi connectivity index (χ0) is 19.2. The van der Waals surface area contributed by atoms with E-state index in [-0.39, 0.29) is 11.5 Å². The van der Waals surface area contributed by atoms with Gasteiger partial charge in [-0.15, -0.1) is 0 Å². The highest BCUT2D eigenvalue weighted by atomic mass is 16.5. The lowest BCUT2D eigenvalue weighted by Crippen LogP contribution is -2.56. The molecule has 26 heavy (non-hydrogen) atoms. The van der Waals surface area contributed by atoms with Crippen LogP contribution in [0.25, 0.3) is 0 Å². The molecule has 1 aromatic rings. The van der Waals surface area contributed by atoms with Crippen molar-refractivity contribution in [3.8, 4) is 0 Å². The van der Waals surface area contributed by atoms with E-state index in [1.807, 2.05) is 13.0 Å². The van der Waals surface area contributed by atoms with Gasteiger partial charge in [0, 0.05) is 31.2 Å². The molecule has 1 fully saturated rings. The largest absolute Gasteiger partial charge is 0.465 e. The molecule has 1 aromatic carbocycles. The molecule has 4 heteroatoms. The lowest BCUT2D eigenvalue weighted by atomic mass is 9.86. The number of ether oxygens (including phenoxy) is 1. The third kappa shape index (κ3) is 5.82. The van der Waals surface area contributed by atoms with Gasteiger partial charge in [-0.1, -0.05) is 43.7 Å². The Labute approximate surface area is 159 Å². The smallest absolute Gasteiger partial charge is 0.320 e. The topological polar surface area (TPSA) is 32.8 Å². The van der Waals surface area contributed by atoms with Crippen molar-refractivity contribution in [3.63, 3.8) is 0 Å². The average Bonchev–Trinajstić information content (AvgIpc) is 2.61. The molecule has 1 aliphatic rings. The van der Waals surface area contributed by atoms with Gasteiger partial charge in [-0.05, 0) is 45.6 Å². The Bertz CT molecular complexity index is 553. The Hall–Kier alpha value is -1.39. The quantitative estimate of drug-likeness (QED) is 0.689. The summed E-state index contributed by atoms with van der Waals surface area (Å²) < 4.78 is 5.25. The van der Waals surface area contributed by atoms with Crippen molar-refractivity contribution in [1.29, 1.82) is 0 Å². The molecule has 0 radical (unpaired) electrons. The van der Waals surface area contributed by atoms with E-state index in [1.165, 1.54) is 5.56 Å². The molecule has 2 unspecified atom stereocenters. The van der Waals surface area contributed by atoms with Crippen LogP contribution in [0.3, 0.4) is 0 Å². The molecular weight excluding hydrogens is 324 g/mol. The van der Waals surface area contributed by atoms with E-state index in [9.17, 15) is 4.79 Å². The van der Waals surface area contributed by atoms with Crippen LogP contribution in [-0.2, 0) is 16.1 Å². The number of hydrogen-bond acceptors (Lipinski definition) is 4. The number of carbonyl (C=O) groups excluding carboxylic acids is 1. The van der Waals surface area contributed by atoms with Crippen molar-refractivity contribution in [2.75, 3.05) is 26.2 Å². The second kappa shape index (κ2) is 9.52. The first-order chi connectivity index (χ1) is 12.3. The summed E-state index contributed by atoms with van der Waals surface area (Å²) >= 11 is 0. The molecule has 1 saturated heterocycles. The molecule has 0 saturated carbocycles. The summed E-state index contributed by atoms with van der Waals surface area (Å²) in [6, 6.07) is 10.9. The zero-order valence-electron chi connectivity index (χ0n) is 17.2. The molecule has 1 heterocycles. The summed E-state index contributed by atoms with van der Waals surface area (Å²) in [5.74, 6) is 0.456. The van der Waals surface area contributed by atoms with Gasteiger partial charge in [0.25, 0.3) is 0 Å². The number of likely N-dealkylation sites (tertiary alicyclic amines) is 1. The summed E-state index contributed by atoms with van der Waals surface area (Å²) in [6.07, 6.45) is 2.23. The zero-order valence-corrected chi connectivity index (χ0v) is 17.2. The fourth-order valence-corrected chi connectivity index (χ4v) is 3.99. The number of rotatable bonds is 7. The van der Waals surface area contributed by atoms with Gasteiger partial charge < -0.3 is 4.74 Å². The van der Waals surface area contributed by atoms with Crippen LogP contribution in [0.15, 0.2) is 30.3 Å². The Balaban J connectivity index is 2.15. The first-order valence-corrected chi connectivity index (χ1v) is 10.0. The fourth-order valence-electron chi connectivity index (χ4n) is 3.99. The SMILES string of the molecule is CCOC(=O)CN(Cc1ccccc1)C1CCN(C(C)(C)C)CC1CC. The van der Waals surface area contributed by atoms with Crippen molar-refractivity contribution in [3.05, 3.63) is 35.9 Å². The monoisotopic (exact) mass is 360 g/mol. The minimum absolute atomic E-state index is 0.114. The van der Waals surface area contributed by atoms with Crippen LogP contribution < -0.4 is 0 Å². The summed E-state index contributed by atoms with van der Waals surface area (Å²) in [6.45, 7) is 14.8. The molecule has 146 valence electrons. The highest BCUT2D eigenvalue weighted by molar-refractivity contribution is 5.71. The molecule has 1 aliphatic heterocycles. The van der Waals surface area contributed by atoms with Gasteiger partial charge in [-0.25, -0.2) is 0 Å². The minimum atomic E-state index is -0.114. The lowest BCUT2D eigenvalue weighted by Gasteiger charge is -2.48. The maximum absolute atomic E-state index is 12.2. The Kier molecular flexibility index (Phi) is 7.66. The third-order valence-electron chi connectivity index (χ3n) is 5.50. The van der Waals surface area contributed by atoms with Crippen molar-refractivity contribution in [2.24, 2.45) is 5.92 Å². The molecule has 0 aromatic heterocycles. The van der Waals surface area contributed by atoms with Gasteiger partial charge in [0.1, 0.15) is 0 Å². The van der Waals surface area contributed by atoms with Gasteiger partial charge in [-0.2, -0.15) is 0 Å². The number of piperidine rings is 1. The number of carbonyl (C=O) groups is 1. The molecule has 2 rings (SSSR count). The van der Waals surface area contributed by atoms with Crippen LogP contribution >= 0.6 is 0 Å². The predicted molar refractivity (Wildman–Crippen MR) is 107 cm³/mol. The summed E-state index contributed by atoms with van der Waals surface area (Å²) in [5.41, 5.74) is 1.45. The predicted octanol–water partition coefficient (Wildman–Crippen LogP) is 3.95. The first kappa shape index (κ1) is 20.9. The summed E-state index contributed by atoms with van der Waals surface area (Å²) in [4.78, 5) is 17.2. The summed E-state index contributed by atoms with van der Waals surface area (Å²) in [5, 5.41) is 0. The van der Waals surface area contributed by atoms with Gasteiger partial charge in [0.2, 0.25) is 0 Å². The second-order valence-electron chi connectivity index (χ2n) is 8.34. The van der Waals surface area contributed by atoms with Crippen LogP contribution in [0.1, 0.15) is 53.0 Å². The highest BCUT2D eigenvalue weighted by Crippen LogP contribution is 2.30. The van der Waals surface area contributed by atoms with E-state index in [2.05, 4.69) is 61.8 Å². The molecule has 0 amide bonds. The Morgan fingerprint density at radius 2 is 1.92 bits per heavy atom. The molecule has 2 atom stereocenters.